The lowest BCUT2D eigenvalue weighted by Crippen LogP contribution is -2.52. The Labute approximate surface area is 135 Å². The Bertz CT molecular complexity index is 356. The van der Waals surface area contributed by atoms with Crippen molar-refractivity contribution in [3.8, 4) is 0 Å². The van der Waals surface area contributed by atoms with E-state index in [1.165, 1.54) is 0 Å². The summed E-state index contributed by atoms with van der Waals surface area (Å²) in [4.78, 5) is 29.1. The van der Waals surface area contributed by atoms with Crippen LogP contribution in [0.15, 0.2) is 0 Å². The van der Waals surface area contributed by atoms with Crippen LogP contribution in [-0.2, 0) is 9.59 Å². The molecule has 1 saturated heterocycles. The van der Waals surface area contributed by atoms with Crippen LogP contribution in [0.1, 0.15) is 53.4 Å². The third-order valence-corrected chi connectivity index (χ3v) is 4.58. The molecule has 2 amide bonds. The van der Waals surface area contributed by atoms with Crippen molar-refractivity contribution in [1.82, 2.24) is 15.1 Å². The molecule has 1 fully saturated rings. The molecule has 1 N–H and O–H groups in total. The molecule has 0 aliphatic carbocycles. The number of hydrogen-bond acceptors (Lipinski definition) is 3. The van der Waals surface area contributed by atoms with E-state index in [0.717, 1.165) is 51.9 Å². The van der Waals surface area contributed by atoms with Gasteiger partial charge in [-0.1, -0.05) is 27.7 Å². The van der Waals surface area contributed by atoms with Gasteiger partial charge in [0.1, 0.15) is 0 Å². The second-order valence-corrected chi connectivity index (χ2v) is 6.06. The second-order valence-electron chi connectivity index (χ2n) is 6.06. The highest BCUT2D eigenvalue weighted by Crippen LogP contribution is 2.19. The number of carbonyl (C=O) groups excluding carboxylic acids is 2. The van der Waals surface area contributed by atoms with E-state index in [0.29, 0.717) is 6.54 Å². The minimum atomic E-state index is -0.0487. The van der Waals surface area contributed by atoms with Gasteiger partial charge < -0.3 is 10.2 Å². The molecule has 5 nitrogen and oxygen atoms in total. The Morgan fingerprint density at radius 2 is 1.91 bits per heavy atom. The fourth-order valence-electron chi connectivity index (χ4n) is 3.25. The van der Waals surface area contributed by atoms with E-state index in [1.54, 1.807) is 0 Å². The SMILES string of the molecule is CCCNC(=O)[C@@H]1CCCN(C(=O)[C@H](CC)N(CC)CC)C1. The van der Waals surface area contributed by atoms with E-state index >= 15 is 0 Å². The zero-order valence-corrected chi connectivity index (χ0v) is 14.7. The van der Waals surface area contributed by atoms with Crippen molar-refractivity contribution < 1.29 is 9.59 Å². The number of nitrogens with zero attached hydrogens (tertiary/aromatic N) is 2. The van der Waals surface area contributed by atoms with Crippen LogP contribution >= 0.6 is 0 Å². The second kappa shape index (κ2) is 9.82. The summed E-state index contributed by atoms with van der Waals surface area (Å²) in [5.41, 5.74) is 0. The van der Waals surface area contributed by atoms with Crippen LogP contribution < -0.4 is 5.32 Å². The predicted octanol–water partition coefficient (Wildman–Crippen LogP) is 1.87. The van der Waals surface area contributed by atoms with Crippen molar-refractivity contribution in [2.24, 2.45) is 5.92 Å². The van der Waals surface area contributed by atoms with Gasteiger partial charge in [-0.3, -0.25) is 14.5 Å². The molecule has 0 aromatic heterocycles. The lowest BCUT2D eigenvalue weighted by atomic mass is 9.96. The molecule has 22 heavy (non-hydrogen) atoms. The molecule has 1 aliphatic rings. The van der Waals surface area contributed by atoms with Crippen LogP contribution in [0, 0.1) is 5.92 Å². The molecule has 0 radical (unpaired) electrons. The number of carbonyl (C=O) groups is 2. The van der Waals surface area contributed by atoms with Gasteiger partial charge >= 0.3 is 0 Å². The summed E-state index contributed by atoms with van der Waals surface area (Å²) in [5.74, 6) is 0.257. The Morgan fingerprint density at radius 3 is 2.45 bits per heavy atom. The smallest absolute Gasteiger partial charge is 0.239 e. The Hall–Kier alpha value is -1.10. The first kappa shape index (κ1) is 18.9. The van der Waals surface area contributed by atoms with Gasteiger partial charge in [0.05, 0.1) is 12.0 Å². The highest BCUT2D eigenvalue weighted by Gasteiger charge is 2.32. The van der Waals surface area contributed by atoms with E-state index < -0.39 is 0 Å². The fourth-order valence-corrected chi connectivity index (χ4v) is 3.25. The summed E-state index contributed by atoms with van der Waals surface area (Å²) < 4.78 is 0. The third kappa shape index (κ3) is 4.97. The average Bonchev–Trinajstić information content (AvgIpc) is 2.56. The van der Waals surface area contributed by atoms with E-state index in [1.807, 2.05) is 11.8 Å². The van der Waals surface area contributed by atoms with Crippen LogP contribution in [0.5, 0.6) is 0 Å². The van der Waals surface area contributed by atoms with Crippen molar-refractivity contribution >= 4 is 11.8 Å². The maximum atomic E-state index is 12.8. The van der Waals surface area contributed by atoms with Gasteiger partial charge in [0.15, 0.2) is 0 Å². The molecular formula is C17H33N3O2. The number of likely N-dealkylation sites (N-methyl/N-ethyl adjacent to an activating group) is 1. The highest BCUT2D eigenvalue weighted by atomic mass is 16.2. The predicted molar refractivity (Wildman–Crippen MR) is 89.6 cm³/mol. The fraction of sp³-hybridized carbons (Fsp3) is 0.882. The van der Waals surface area contributed by atoms with Gasteiger partial charge in [-0.15, -0.1) is 0 Å². The summed E-state index contributed by atoms with van der Waals surface area (Å²) in [7, 11) is 0. The molecule has 0 aromatic rings. The average molecular weight is 311 g/mol. The van der Waals surface area contributed by atoms with Crippen LogP contribution in [0.3, 0.4) is 0 Å². The standard InChI is InChI=1S/C17H33N3O2/c1-5-11-18-16(21)14-10-9-12-20(13-14)17(22)15(6-2)19(7-3)8-4/h14-15H,5-13H2,1-4H3,(H,18,21)/t14-,15+/m1/s1. The number of hydrogen-bond donors (Lipinski definition) is 1. The highest BCUT2D eigenvalue weighted by molar-refractivity contribution is 5.84. The molecule has 1 aliphatic heterocycles. The van der Waals surface area contributed by atoms with Crippen molar-refractivity contribution in [3.05, 3.63) is 0 Å². The summed E-state index contributed by atoms with van der Waals surface area (Å²) >= 11 is 0. The van der Waals surface area contributed by atoms with Gasteiger partial charge in [-0.25, -0.2) is 0 Å². The summed E-state index contributed by atoms with van der Waals surface area (Å²) in [5, 5.41) is 2.96. The lowest BCUT2D eigenvalue weighted by Gasteiger charge is -2.37. The van der Waals surface area contributed by atoms with Gasteiger partial charge in [-0.05, 0) is 38.8 Å². The third-order valence-electron chi connectivity index (χ3n) is 4.58. The van der Waals surface area contributed by atoms with Gasteiger partial charge in [0, 0.05) is 19.6 Å². The first-order valence-corrected chi connectivity index (χ1v) is 8.89. The molecule has 5 heteroatoms. The number of likely N-dealkylation sites (tertiary alicyclic amines) is 1. The lowest BCUT2D eigenvalue weighted by molar-refractivity contribution is -0.140. The number of piperidine rings is 1. The van der Waals surface area contributed by atoms with E-state index in [4.69, 9.17) is 0 Å². The van der Waals surface area contributed by atoms with Crippen LogP contribution in [0.25, 0.3) is 0 Å². The molecular weight excluding hydrogens is 278 g/mol. The first-order valence-electron chi connectivity index (χ1n) is 8.89. The van der Waals surface area contributed by atoms with E-state index in [-0.39, 0.29) is 23.8 Å². The Morgan fingerprint density at radius 1 is 1.23 bits per heavy atom. The minimum Gasteiger partial charge on any atom is -0.356 e. The number of amides is 2. The maximum Gasteiger partial charge on any atom is 0.239 e. The Kier molecular flexibility index (Phi) is 8.46. The van der Waals surface area contributed by atoms with Gasteiger partial charge in [0.25, 0.3) is 0 Å². The Balaban J connectivity index is 2.66. The molecule has 0 aromatic carbocycles. The van der Waals surface area contributed by atoms with Gasteiger partial charge in [-0.2, -0.15) is 0 Å². The van der Waals surface area contributed by atoms with E-state index in [2.05, 4.69) is 31.0 Å². The zero-order chi connectivity index (χ0) is 16.5. The largest absolute Gasteiger partial charge is 0.356 e. The van der Waals surface area contributed by atoms with Crippen molar-refractivity contribution in [2.75, 3.05) is 32.7 Å². The summed E-state index contributed by atoms with van der Waals surface area (Å²) in [6, 6.07) is -0.0487. The van der Waals surface area contributed by atoms with Crippen molar-refractivity contribution in [1.29, 1.82) is 0 Å². The monoisotopic (exact) mass is 311 g/mol. The quantitative estimate of drug-likeness (QED) is 0.744. The van der Waals surface area contributed by atoms with Crippen molar-refractivity contribution in [3.63, 3.8) is 0 Å². The topological polar surface area (TPSA) is 52.7 Å². The molecule has 0 bridgehead atoms. The minimum absolute atomic E-state index is 0.0431. The summed E-state index contributed by atoms with van der Waals surface area (Å²) in [6.45, 7) is 12.2. The summed E-state index contributed by atoms with van der Waals surface area (Å²) in [6.07, 6.45) is 3.58. The first-order chi connectivity index (χ1) is 10.6. The van der Waals surface area contributed by atoms with E-state index in [9.17, 15) is 9.59 Å². The maximum absolute atomic E-state index is 12.8. The molecule has 1 heterocycles. The molecule has 0 unspecified atom stereocenters. The molecule has 128 valence electrons. The van der Waals surface area contributed by atoms with Gasteiger partial charge in [0.2, 0.25) is 11.8 Å². The van der Waals surface area contributed by atoms with Crippen molar-refractivity contribution in [2.45, 2.75) is 59.4 Å². The van der Waals surface area contributed by atoms with Crippen LogP contribution in [0.2, 0.25) is 0 Å². The van der Waals surface area contributed by atoms with Crippen LogP contribution in [-0.4, -0.2) is 60.4 Å². The number of nitrogens with one attached hydrogen (secondary N) is 1. The van der Waals surface area contributed by atoms with Crippen LogP contribution in [0.4, 0.5) is 0 Å². The molecule has 0 saturated carbocycles. The molecule has 1 rings (SSSR count). The molecule has 0 spiro atoms. The number of rotatable bonds is 8. The molecule has 2 atom stereocenters. The normalized spacial score (nSPS) is 20.0. The zero-order valence-electron chi connectivity index (χ0n) is 14.7.